The number of carbonyl (C=O) groups excluding carboxylic acids is 1. The molecule has 1 aromatic heterocycles. The monoisotopic (exact) mass is 342 g/mol. The van der Waals surface area contributed by atoms with E-state index in [-0.39, 0.29) is 5.91 Å². The number of piperazine rings is 1. The van der Waals surface area contributed by atoms with E-state index >= 15 is 0 Å². The lowest BCUT2D eigenvalue weighted by molar-refractivity contribution is 0.0938. The highest BCUT2D eigenvalue weighted by Crippen LogP contribution is 2.24. The molecule has 6 heteroatoms. The summed E-state index contributed by atoms with van der Waals surface area (Å²) in [7, 11) is 0. The predicted octanol–water partition coefficient (Wildman–Crippen LogP) is 2.64. The van der Waals surface area contributed by atoms with Gasteiger partial charge in [0.25, 0.3) is 11.9 Å². The van der Waals surface area contributed by atoms with Gasteiger partial charge in [-0.05, 0) is 37.6 Å². The van der Waals surface area contributed by atoms with Gasteiger partial charge in [0.1, 0.15) is 5.52 Å². The van der Waals surface area contributed by atoms with Crippen molar-refractivity contribution in [3.05, 3.63) is 23.8 Å². The molecule has 1 amide bonds. The maximum Gasteiger partial charge on any atom is 0.298 e. The van der Waals surface area contributed by atoms with Crippen LogP contribution in [0.1, 0.15) is 43.0 Å². The number of hydrogen-bond donors (Lipinski definition) is 1. The van der Waals surface area contributed by atoms with Crippen LogP contribution in [0.5, 0.6) is 0 Å². The van der Waals surface area contributed by atoms with Crippen molar-refractivity contribution in [3.8, 4) is 0 Å². The third-order valence-corrected chi connectivity index (χ3v) is 5.42. The molecule has 0 atom stereocenters. The quantitative estimate of drug-likeness (QED) is 0.925. The van der Waals surface area contributed by atoms with Crippen molar-refractivity contribution in [1.29, 1.82) is 0 Å². The summed E-state index contributed by atoms with van der Waals surface area (Å²) < 4.78 is 5.91. The molecule has 0 spiro atoms. The second-order valence-corrected chi connectivity index (χ2v) is 7.06. The molecule has 25 heavy (non-hydrogen) atoms. The van der Waals surface area contributed by atoms with Gasteiger partial charge in [-0.3, -0.25) is 4.79 Å². The highest BCUT2D eigenvalue weighted by atomic mass is 16.4. The zero-order valence-corrected chi connectivity index (χ0v) is 14.8. The summed E-state index contributed by atoms with van der Waals surface area (Å²) in [5.41, 5.74) is 2.16. The molecule has 2 fully saturated rings. The molecule has 1 aliphatic carbocycles. The van der Waals surface area contributed by atoms with E-state index in [2.05, 4.69) is 27.0 Å². The number of oxazole rings is 1. The van der Waals surface area contributed by atoms with Crippen LogP contribution in [-0.2, 0) is 0 Å². The van der Waals surface area contributed by atoms with Gasteiger partial charge in [0.05, 0.1) is 0 Å². The summed E-state index contributed by atoms with van der Waals surface area (Å²) in [6, 6.07) is 6.52. The van der Waals surface area contributed by atoms with Gasteiger partial charge in [0, 0.05) is 37.8 Å². The second kappa shape index (κ2) is 7.04. The van der Waals surface area contributed by atoms with Gasteiger partial charge in [-0.2, -0.15) is 4.98 Å². The van der Waals surface area contributed by atoms with Gasteiger partial charge in [-0.1, -0.05) is 19.8 Å². The van der Waals surface area contributed by atoms with E-state index in [1.807, 2.05) is 18.2 Å². The van der Waals surface area contributed by atoms with Crippen molar-refractivity contribution in [2.75, 3.05) is 37.6 Å². The molecule has 1 N–H and O–H groups in total. The first-order chi connectivity index (χ1) is 12.2. The Balaban J connectivity index is 1.48. The zero-order chi connectivity index (χ0) is 17.2. The lowest BCUT2D eigenvalue weighted by Gasteiger charge is -2.32. The van der Waals surface area contributed by atoms with E-state index in [0.717, 1.165) is 56.7 Å². The minimum atomic E-state index is -0.00471. The Morgan fingerprint density at radius 3 is 2.72 bits per heavy atom. The van der Waals surface area contributed by atoms with Crippen LogP contribution in [0.2, 0.25) is 0 Å². The van der Waals surface area contributed by atoms with Crippen LogP contribution >= 0.6 is 0 Å². The molecule has 0 radical (unpaired) electrons. The lowest BCUT2D eigenvalue weighted by atomic mass is 10.1. The van der Waals surface area contributed by atoms with E-state index in [1.54, 1.807) is 0 Å². The predicted molar refractivity (Wildman–Crippen MR) is 98.1 cm³/mol. The number of anilines is 1. The number of aromatic nitrogens is 1. The summed E-state index contributed by atoms with van der Waals surface area (Å²) in [4.78, 5) is 21.7. The molecular formula is C19H26N4O2. The molecule has 0 unspecified atom stereocenters. The topological polar surface area (TPSA) is 61.6 Å². The molecule has 1 aliphatic heterocycles. The first-order valence-corrected chi connectivity index (χ1v) is 9.41. The average Bonchev–Trinajstić information content (AvgIpc) is 3.30. The number of likely N-dealkylation sites (N-methyl/N-ethyl adjacent to an activating group) is 1. The largest absolute Gasteiger partial charge is 0.423 e. The van der Waals surface area contributed by atoms with Gasteiger partial charge in [0.15, 0.2) is 5.58 Å². The van der Waals surface area contributed by atoms with Gasteiger partial charge < -0.3 is 19.5 Å². The molecule has 1 saturated carbocycles. The van der Waals surface area contributed by atoms with Crippen molar-refractivity contribution in [2.24, 2.45) is 0 Å². The Bertz CT molecular complexity index is 743. The average molecular weight is 342 g/mol. The number of hydrogen-bond acceptors (Lipinski definition) is 5. The van der Waals surface area contributed by atoms with Gasteiger partial charge >= 0.3 is 0 Å². The van der Waals surface area contributed by atoms with Crippen LogP contribution in [0.4, 0.5) is 6.01 Å². The Labute approximate surface area is 148 Å². The van der Waals surface area contributed by atoms with Gasteiger partial charge in [-0.25, -0.2) is 0 Å². The lowest BCUT2D eigenvalue weighted by Crippen LogP contribution is -2.46. The molecule has 0 bridgehead atoms. The maximum atomic E-state index is 12.4. The fraction of sp³-hybridized carbons (Fsp3) is 0.579. The SMILES string of the molecule is CCN1CCN(c2nc3cc(C(=O)NC4CCCC4)ccc3o2)CC1. The Kier molecular flexibility index (Phi) is 4.61. The summed E-state index contributed by atoms with van der Waals surface area (Å²) in [5.74, 6) is -0.00471. The van der Waals surface area contributed by atoms with Crippen molar-refractivity contribution >= 4 is 23.0 Å². The number of amides is 1. The molecular weight excluding hydrogens is 316 g/mol. The summed E-state index contributed by atoms with van der Waals surface area (Å²) in [6.07, 6.45) is 4.60. The summed E-state index contributed by atoms with van der Waals surface area (Å²) >= 11 is 0. The van der Waals surface area contributed by atoms with Crippen LogP contribution < -0.4 is 10.2 Å². The van der Waals surface area contributed by atoms with E-state index in [0.29, 0.717) is 17.6 Å². The molecule has 4 rings (SSSR count). The third kappa shape index (κ3) is 3.49. The van der Waals surface area contributed by atoms with E-state index in [1.165, 1.54) is 12.8 Å². The smallest absolute Gasteiger partial charge is 0.298 e. The minimum Gasteiger partial charge on any atom is -0.423 e. The number of rotatable bonds is 4. The molecule has 6 nitrogen and oxygen atoms in total. The second-order valence-electron chi connectivity index (χ2n) is 7.06. The number of carbonyl (C=O) groups is 1. The summed E-state index contributed by atoms with van der Waals surface area (Å²) in [5, 5.41) is 3.13. The molecule has 2 aliphatic rings. The normalized spacial score (nSPS) is 19.6. The number of fused-ring (bicyclic) bond motifs is 1. The third-order valence-electron chi connectivity index (χ3n) is 5.42. The Morgan fingerprint density at radius 1 is 1.24 bits per heavy atom. The van der Waals surface area contributed by atoms with E-state index < -0.39 is 0 Å². The van der Waals surface area contributed by atoms with Crippen LogP contribution in [0, 0.1) is 0 Å². The Morgan fingerprint density at radius 2 is 2.00 bits per heavy atom. The highest BCUT2D eigenvalue weighted by Gasteiger charge is 2.21. The van der Waals surface area contributed by atoms with Crippen LogP contribution in [0.25, 0.3) is 11.1 Å². The molecule has 1 aromatic carbocycles. The number of benzene rings is 1. The highest BCUT2D eigenvalue weighted by molar-refractivity contribution is 5.97. The maximum absolute atomic E-state index is 12.4. The van der Waals surface area contributed by atoms with Crippen LogP contribution in [0.3, 0.4) is 0 Å². The zero-order valence-electron chi connectivity index (χ0n) is 14.8. The fourth-order valence-electron chi connectivity index (χ4n) is 3.79. The van der Waals surface area contributed by atoms with Crippen molar-refractivity contribution in [2.45, 2.75) is 38.6 Å². The standard InChI is InChI=1S/C19H26N4O2/c1-2-22-9-11-23(12-10-22)19-21-16-13-14(7-8-17(16)25-19)18(24)20-15-5-3-4-6-15/h7-8,13,15H,2-6,9-12H2,1H3,(H,20,24). The van der Waals surface area contributed by atoms with Crippen LogP contribution in [0.15, 0.2) is 22.6 Å². The van der Waals surface area contributed by atoms with Crippen LogP contribution in [-0.4, -0.2) is 54.6 Å². The number of nitrogens with one attached hydrogen (secondary N) is 1. The van der Waals surface area contributed by atoms with E-state index in [4.69, 9.17) is 4.42 Å². The van der Waals surface area contributed by atoms with Crippen molar-refractivity contribution in [3.63, 3.8) is 0 Å². The van der Waals surface area contributed by atoms with Gasteiger partial charge in [0.2, 0.25) is 0 Å². The summed E-state index contributed by atoms with van der Waals surface area (Å²) in [6.45, 7) is 7.19. The molecule has 2 aromatic rings. The van der Waals surface area contributed by atoms with Crippen molar-refractivity contribution < 1.29 is 9.21 Å². The molecule has 2 heterocycles. The van der Waals surface area contributed by atoms with Crippen molar-refractivity contribution in [1.82, 2.24) is 15.2 Å². The first-order valence-electron chi connectivity index (χ1n) is 9.41. The molecule has 134 valence electrons. The first kappa shape index (κ1) is 16.4. The minimum absolute atomic E-state index is 0.00471. The molecule has 1 saturated heterocycles. The van der Waals surface area contributed by atoms with Gasteiger partial charge in [-0.15, -0.1) is 0 Å². The number of nitrogens with zero attached hydrogens (tertiary/aromatic N) is 3. The van der Waals surface area contributed by atoms with E-state index in [9.17, 15) is 4.79 Å². The fourth-order valence-corrected chi connectivity index (χ4v) is 3.79. The Hall–Kier alpha value is -2.08.